The van der Waals surface area contributed by atoms with E-state index in [1.54, 1.807) is 12.4 Å². The first kappa shape index (κ1) is 12.6. The first-order chi connectivity index (χ1) is 8.98. The van der Waals surface area contributed by atoms with Crippen molar-refractivity contribution in [2.75, 3.05) is 11.9 Å². The van der Waals surface area contributed by atoms with Crippen molar-refractivity contribution in [3.63, 3.8) is 0 Å². The van der Waals surface area contributed by atoms with Crippen LogP contribution in [0.3, 0.4) is 0 Å². The molecule has 2 fully saturated rings. The maximum Gasteiger partial charge on any atom is 0.245 e. The Hall–Kier alpha value is -1.40. The van der Waals surface area contributed by atoms with Gasteiger partial charge in [-0.3, -0.25) is 9.89 Å². The summed E-state index contributed by atoms with van der Waals surface area (Å²) in [7, 11) is 0. The molecule has 6 heteroatoms. The number of hydrogen-bond acceptors (Lipinski definition) is 4. The summed E-state index contributed by atoms with van der Waals surface area (Å²) in [6, 6.07) is 0. The van der Waals surface area contributed by atoms with Gasteiger partial charge < -0.3 is 15.8 Å². The number of aromatic amines is 1. The minimum absolute atomic E-state index is 0.0846. The second-order valence-electron chi connectivity index (χ2n) is 6.07. The van der Waals surface area contributed by atoms with Gasteiger partial charge in [-0.25, -0.2) is 0 Å². The van der Waals surface area contributed by atoms with Gasteiger partial charge in [0.1, 0.15) is 5.54 Å². The van der Waals surface area contributed by atoms with Crippen molar-refractivity contribution in [1.29, 1.82) is 0 Å². The van der Waals surface area contributed by atoms with E-state index in [0.717, 1.165) is 19.4 Å². The number of carbonyl (C=O) groups excluding carboxylic acids is 1. The number of aromatic nitrogens is 2. The third-order valence-corrected chi connectivity index (χ3v) is 4.82. The number of hydrogen-bond donors (Lipinski definition) is 3. The highest BCUT2D eigenvalue weighted by molar-refractivity contribution is 6.00. The molecule has 1 aliphatic heterocycles. The molecule has 4 N–H and O–H groups in total. The fraction of sp³-hybridized carbons (Fsp3) is 0.692. The van der Waals surface area contributed by atoms with Crippen LogP contribution in [0.1, 0.15) is 26.7 Å². The summed E-state index contributed by atoms with van der Waals surface area (Å²) < 4.78 is 5.79. The van der Waals surface area contributed by atoms with Gasteiger partial charge in [0.25, 0.3) is 0 Å². The lowest BCUT2D eigenvalue weighted by Crippen LogP contribution is -2.81. The number of nitrogens with one attached hydrogen (secondary N) is 2. The summed E-state index contributed by atoms with van der Waals surface area (Å²) in [5.41, 5.74) is 5.88. The summed E-state index contributed by atoms with van der Waals surface area (Å²) in [6.45, 7) is 4.78. The number of ether oxygens (including phenoxy) is 1. The molecule has 1 saturated heterocycles. The van der Waals surface area contributed by atoms with Gasteiger partial charge >= 0.3 is 0 Å². The second kappa shape index (κ2) is 4.05. The lowest BCUT2D eigenvalue weighted by atomic mass is 9.46. The number of fused-ring (bicyclic) bond motifs is 1. The van der Waals surface area contributed by atoms with Crippen LogP contribution in [0.15, 0.2) is 12.4 Å². The highest BCUT2D eigenvalue weighted by Gasteiger charge is 2.70. The summed E-state index contributed by atoms with van der Waals surface area (Å²) in [6.07, 6.45) is 5.21. The topological polar surface area (TPSA) is 93.0 Å². The van der Waals surface area contributed by atoms with Crippen LogP contribution in [0.25, 0.3) is 0 Å². The van der Waals surface area contributed by atoms with Crippen molar-refractivity contribution in [3.8, 4) is 0 Å². The molecule has 0 radical (unpaired) electrons. The maximum atomic E-state index is 12.6. The maximum absolute atomic E-state index is 12.6. The SMILES string of the molecule is CC1(C)[C@@H]2OCCC[C@H]2[C@@]1(N)C(=O)Nc1cn[nH]c1. The summed E-state index contributed by atoms with van der Waals surface area (Å²) >= 11 is 0. The Morgan fingerprint density at radius 2 is 2.42 bits per heavy atom. The molecule has 1 aromatic heterocycles. The van der Waals surface area contributed by atoms with E-state index >= 15 is 0 Å². The first-order valence-electron chi connectivity index (χ1n) is 6.68. The smallest absolute Gasteiger partial charge is 0.245 e. The zero-order valence-corrected chi connectivity index (χ0v) is 11.3. The van der Waals surface area contributed by atoms with E-state index in [4.69, 9.17) is 10.5 Å². The molecule has 0 bridgehead atoms. The van der Waals surface area contributed by atoms with E-state index in [0.29, 0.717) is 5.69 Å². The molecule has 104 valence electrons. The standard InChI is InChI=1S/C13H20N4O2/c1-12(2)10-9(4-3-5-19-10)13(12,14)11(18)17-8-6-15-16-7-8/h6-7,9-10H,3-5,14H2,1-2H3,(H,15,16)(H,17,18)/t9-,10-,13-/m1/s1. The Bertz CT molecular complexity index is 485. The Kier molecular flexibility index (Phi) is 2.69. The molecule has 19 heavy (non-hydrogen) atoms. The quantitative estimate of drug-likeness (QED) is 0.739. The van der Waals surface area contributed by atoms with Gasteiger partial charge in [-0.05, 0) is 12.8 Å². The van der Waals surface area contributed by atoms with E-state index in [2.05, 4.69) is 15.5 Å². The van der Waals surface area contributed by atoms with Crippen molar-refractivity contribution < 1.29 is 9.53 Å². The summed E-state index contributed by atoms with van der Waals surface area (Å²) in [5, 5.41) is 9.32. The first-order valence-corrected chi connectivity index (χ1v) is 6.68. The van der Waals surface area contributed by atoms with Gasteiger partial charge in [0, 0.05) is 24.1 Å². The van der Waals surface area contributed by atoms with Gasteiger partial charge in [0.2, 0.25) is 5.91 Å². The van der Waals surface area contributed by atoms with Gasteiger partial charge in [-0.1, -0.05) is 13.8 Å². The Balaban J connectivity index is 1.83. The molecular weight excluding hydrogens is 244 g/mol. The zero-order chi connectivity index (χ0) is 13.7. The average molecular weight is 264 g/mol. The van der Waals surface area contributed by atoms with E-state index in [1.807, 2.05) is 13.8 Å². The number of anilines is 1. The molecule has 0 aromatic carbocycles. The molecule has 2 aliphatic rings. The number of rotatable bonds is 2. The number of H-pyrrole nitrogens is 1. The van der Waals surface area contributed by atoms with Crippen molar-refractivity contribution in [3.05, 3.63) is 12.4 Å². The molecule has 3 rings (SSSR count). The largest absolute Gasteiger partial charge is 0.377 e. The van der Waals surface area contributed by atoms with Crippen molar-refractivity contribution in [2.45, 2.75) is 38.3 Å². The molecule has 3 atom stereocenters. The normalized spacial score (nSPS) is 36.2. The second-order valence-corrected chi connectivity index (χ2v) is 6.07. The Morgan fingerprint density at radius 3 is 3.11 bits per heavy atom. The van der Waals surface area contributed by atoms with E-state index in [1.165, 1.54) is 0 Å². The summed E-state index contributed by atoms with van der Waals surface area (Å²) in [5.74, 6) is -0.0474. The lowest BCUT2D eigenvalue weighted by Gasteiger charge is -2.65. The molecule has 1 saturated carbocycles. The van der Waals surface area contributed by atoms with Crippen LogP contribution in [0.4, 0.5) is 5.69 Å². The van der Waals surface area contributed by atoms with Crippen LogP contribution in [0, 0.1) is 11.3 Å². The molecule has 0 unspecified atom stereocenters. The van der Waals surface area contributed by atoms with Crippen LogP contribution in [0.5, 0.6) is 0 Å². The van der Waals surface area contributed by atoms with Crippen LogP contribution >= 0.6 is 0 Å². The fourth-order valence-electron chi connectivity index (χ4n) is 3.59. The van der Waals surface area contributed by atoms with Crippen molar-refractivity contribution in [1.82, 2.24) is 10.2 Å². The molecule has 1 amide bonds. The minimum Gasteiger partial charge on any atom is -0.377 e. The van der Waals surface area contributed by atoms with Gasteiger partial charge in [-0.2, -0.15) is 5.10 Å². The van der Waals surface area contributed by atoms with E-state index in [-0.39, 0.29) is 23.3 Å². The van der Waals surface area contributed by atoms with Crippen LogP contribution in [-0.4, -0.2) is 34.4 Å². The molecule has 0 spiro atoms. The lowest BCUT2D eigenvalue weighted by molar-refractivity contribution is -0.222. The number of amides is 1. The van der Waals surface area contributed by atoms with Gasteiger partial charge in [0.15, 0.2) is 0 Å². The van der Waals surface area contributed by atoms with Crippen molar-refractivity contribution in [2.24, 2.45) is 17.1 Å². The highest BCUT2D eigenvalue weighted by atomic mass is 16.5. The predicted molar refractivity (Wildman–Crippen MR) is 70.4 cm³/mol. The third-order valence-electron chi connectivity index (χ3n) is 4.82. The molecule has 6 nitrogen and oxygen atoms in total. The van der Waals surface area contributed by atoms with Crippen molar-refractivity contribution >= 4 is 11.6 Å². The number of nitrogens with zero attached hydrogens (tertiary/aromatic N) is 1. The molecule has 1 aromatic rings. The van der Waals surface area contributed by atoms with Gasteiger partial charge in [-0.15, -0.1) is 0 Å². The van der Waals surface area contributed by atoms with Crippen LogP contribution in [0.2, 0.25) is 0 Å². The zero-order valence-electron chi connectivity index (χ0n) is 11.3. The molecule has 2 heterocycles. The average Bonchev–Trinajstić information content (AvgIpc) is 2.90. The van der Waals surface area contributed by atoms with Gasteiger partial charge in [0.05, 0.1) is 18.0 Å². The fourth-order valence-corrected chi connectivity index (χ4v) is 3.59. The Labute approximate surface area is 112 Å². The predicted octanol–water partition coefficient (Wildman–Crippen LogP) is 0.881. The number of carbonyl (C=O) groups is 1. The minimum atomic E-state index is -0.880. The van der Waals surface area contributed by atoms with Crippen LogP contribution in [-0.2, 0) is 9.53 Å². The van der Waals surface area contributed by atoms with E-state index < -0.39 is 5.54 Å². The molecular formula is C13H20N4O2. The molecule has 1 aliphatic carbocycles. The highest BCUT2D eigenvalue weighted by Crippen LogP contribution is 2.57. The Morgan fingerprint density at radius 1 is 1.63 bits per heavy atom. The van der Waals surface area contributed by atoms with Crippen LogP contribution < -0.4 is 11.1 Å². The van der Waals surface area contributed by atoms with E-state index in [9.17, 15) is 4.79 Å². The summed E-state index contributed by atoms with van der Waals surface area (Å²) in [4.78, 5) is 12.6. The number of nitrogens with two attached hydrogens (primary N) is 1. The third kappa shape index (κ3) is 1.56. The monoisotopic (exact) mass is 264 g/mol.